The molecule has 0 N–H and O–H groups in total. The Labute approximate surface area is 112 Å². The predicted octanol–water partition coefficient (Wildman–Crippen LogP) is 5.21. The van der Waals surface area contributed by atoms with Gasteiger partial charge in [0.25, 0.3) is 0 Å². The van der Waals surface area contributed by atoms with Gasteiger partial charge in [-0.25, -0.2) is 0 Å². The highest BCUT2D eigenvalue weighted by Crippen LogP contribution is 2.33. The zero-order chi connectivity index (χ0) is 14.7. The fourth-order valence-corrected chi connectivity index (χ4v) is 2.36. The van der Waals surface area contributed by atoms with Gasteiger partial charge >= 0.3 is 6.36 Å². The van der Waals surface area contributed by atoms with Crippen LogP contribution < -0.4 is 4.74 Å². The summed E-state index contributed by atoms with van der Waals surface area (Å²) in [6.45, 7) is 8.39. The Balaban J connectivity index is 2.77. The van der Waals surface area contributed by atoms with Crippen molar-refractivity contribution in [2.75, 3.05) is 0 Å². The van der Waals surface area contributed by atoms with E-state index in [9.17, 15) is 13.2 Å². The van der Waals surface area contributed by atoms with Crippen molar-refractivity contribution in [1.29, 1.82) is 0 Å². The van der Waals surface area contributed by atoms with Crippen molar-refractivity contribution in [3.05, 3.63) is 36.2 Å². The number of hydrogen-bond acceptors (Lipinski definition) is 1. The smallest absolute Gasteiger partial charge is 0.406 e. The lowest BCUT2D eigenvalue weighted by Crippen LogP contribution is -2.18. The van der Waals surface area contributed by atoms with E-state index in [2.05, 4.69) is 32.4 Å². The molecule has 1 radical (unpaired) electrons. The van der Waals surface area contributed by atoms with E-state index >= 15 is 0 Å². The minimum atomic E-state index is -4.65. The molecule has 0 aliphatic rings. The maximum atomic E-state index is 12.2. The van der Waals surface area contributed by atoms with E-state index in [-0.39, 0.29) is 11.2 Å². The minimum absolute atomic E-state index is 0.0645. The molecule has 1 rings (SSSR count). The van der Waals surface area contributed by atoms with Crippen molar-refractivity contribution in [3.63, 3.8) is 0 Å². The number of alkyl halides is 3. The van der Waals surface area contributed by atoms with Gasteiger partial charge < -0.3 is 4.74 Å². The molecule has 19 heavy (non-hydrogen) atoms. The van der Waals surface area contributed by atoms with Crippen LogP contribution >= 0.6 is 0 Å². The normalized spacial score (nSPS) is 12.8. The predicted molar refractivity (Wildman–Crippen MR) is 69.8 cm³/mol. The van der Waals surface area contributed by atoms with Gasteiger partial charge in [0.1, 0.15) is 5.75 Å². The summed E-state index contributed by atoms with van der Waals surface area (Å²) in [5.41, 5.74) is 0.679. The van der Waals surface area contributed by atoms with Crippen LogP contribution in [0.25, 0.3) is 0 Å². The first-order valence-electron chi connectivity index (χ1n) is 6.29. The van der Waals surface area contributed by atoms with Crippen molar-refractivity contribution in [1.82, 2.24) is 0 Å². The molecular formula is C15H20F3O. The van der Waals surface area contributed by atoms with Gasteiger partial charge in [0.2, 0.25) is 0 Å². The summed E-state index contributed by atoms with van der Waals surface area (Å²) in [4.78, 5) is 0. The Morgan fingerprint density at radius 2 is 1.84 bits per heavy atom. The van der Waals surface area contributed by atoms with Gasteiger partial charge in [-0.2, -0.15) is 0 Å². The second kappa shape index (κ2) is 5.85. The summed E-state index contributed by atoms with van der Waals surface area (Å²) in [6, 6.07) is 6.07. The average molecular weight is 273 g/mol. The molecule has 107 valence electrons. The molecule has 0 saturated heterocycles. The molecule has 0 saturated carbocycles. The summed E-state index contributed by atoms with van der Waals surface area (Å²) in [5, 5.41) is 0. The first kappa shape index (κ1) is 15.9. The second-order valence-corrected chi connectivity index (χ2v) is 5.85. The summed E-state index contributed by atoms with van der Waals surface area (Å²) in [6.07, 6.45) is -1.69. The lowest BCUT2D eigenvalue weighted by atomic mass is 9.79. The fraction of sp³-hybridized carbons (Fsp3) is 0.533. The molecule has 0 bridgehead atoms. The highest BCUT2D eigenvalue weighted by Gasteiger charge is 2.31. The average Bonchev–Trinajstić information content (AvgIpc) is 2.11. The van der Waals surface area contributed by atoms with Crippen LogP contribution in [0, 0.1) is 17.8 Å². The second-order valence-electron chi connectivity index (χ2n) is 5.85. The molecule has 0 fully saturated rings. The molecule has 1 nitrogen and oxygen atoms in total. The zero-order valence-electron chi connectivity index (χ0n) is 11.7. The number of halogens is 3. The summed E-state index contributed by atoms with van der Waals surface area (Å²) < 4.78 is 40.4. The van der Waals surface area contributed by atoms with Gasteiger partial charge in [-0.05, 0) is 41.9 Å². The third-order valence-corrected chi connectivity index (χ3v) is 2.58. The lowest BCUT2D eigenvalue weighted by molar-refractivity contribution is -0.274. The van der Waals surface area contributed by atoms with Gasteiger partial charge in [0, 0.05) is 0 Å². The standard InChI is InChI=1S/C15H20F3O/c1-11(2)9-14(3,4)10-12-6-5-7-13(8-12)19-15(16,17)18/h5-8,10-11H,9H2,1-4H3. The third-order valence-electron chi connectivity index (χ3n) is 2.58. The van der Waals surface area contributed by atoms with Crippen LogP contribution in [0.5, 0.6) is 5.75 Å². The van der Waals surface area contributed by atoms with Gasteiger partial charge in [0.05, 0.1) is 0 Å². The molecule has 0 aliphatic heterocycles. The van der Waals surface area contributed by atoms with Crippen LogP contribution in [0.15, 0.2) is 24.3 Å². The van der Waals surface area contributed by atoms with Crippen molar-refractivity contribution in [3.8, 4) is 5.75 Å². The van der Waals surface area contributed by atoms with E-state index in [1.54, 1.807) is 12.1 Å². The van der Waals surface area contributed by atoms with E-state index in [4.69, 9.17) is 0 Å². The highest BCUT2D eigenvalue weighted by molar-refractivity contribution is 5.34. The quantitative estimate of drug-likeness (QED) is 0.715. The Kier molecular flexibility index (Phi) is 4.88. The monoisotopic (exact) mass is 273 g/mol. The van der Waals surface area contributed by atoms with Crippen LogP contribution in [0.3, 0.4) is 0 Å². The van der Waals surface area contributed by atoms with Gasteiger partial charge in [0.15, 0.2) is 0 Å². The van der Waals surface area contributed by atoms with E-state index in [1.165, 1.54) is 12.1 Å². The molecular weight excluding hydrogens is 253 g/mol. The van der Waals surface area contributed by atoms with Gasteiger partial charge in [-0.1, -0.05) is 39.8 Å². The van der Waals surface area contributed by atoms with Gasteiger partial charge in [-0.15, -0.1) is 13.2 Å². The number of hydrogen-bond donors (Lipinski definition) is 0. The largest absolute Gasteiger partial charge is 0.573 e. The highest BCUT2D eigenvalue weighted by atomic mass is 19.4. The summed E-state index contributed by atoms with van der Waals surface area (Å²) in [5.74, 6) is 0.349. The molecule has 1 aromatic rings. The van der Waals surface area contributed by atoms with Crippen molar-refractivity contribution < 1.29 is 17.9 Å². The molecule has 0 atom stereocenters. The Morgan fingerprint density at radius 1 is 1.21 bits per heavy atom. The SMILES string of the molecule is CC(C)CC(C)(C)[CH]c1cccc(OC(F)(F)F)c1. The molecule has 0 spiro atoms. The Bertz CT molecular complexity index is 408. The fourth-order valence-electron chi connectivity index (χ4n) is 2.36. The molecule has 4 heteroatoms. The molecule has 0 amide bonds. The van der Waals surface area contributed by atoms with Crippen LogP contribution in [0.1, 0.15) is 39.7 Å². The topological polar surface area (TPSA) is 9.23 Å². The van der Waals surface area contributed by atoms with Crippen LogP contribution in [0.4, 0.5) is 13.2 Å². The Morgan fingerprint density at radius 3 is 2.37 bits per heavy atom. The lowest BCUT2D eigenvalue weighted by Gasteiger charge is -2.26. The van der Waals surface area contributed by atoms with Crippen LogP contribution in [-0.2, 0) is 0 Å². The first-order valence-corrected chi connectivity index (χ1v) is 6.29. The van der Waals surface area contributed by atoms with E-state index in [1.807, 2.05) is 6.42 Å². The van der Waals surface area contributed by atoms with E-state index < -0.39 is 6.36 Å². The molecule has 0 aromatic heterocycles. The van der Waals surface area contributed by atoms with Crippen LogP contribution in [-0.4, -0.2) is 6.36 Å². The van der Waals surface area contributed by atoms with E-state index in [0.29, 0.717) is 5.92 Å². The molecule has 0 unspecified atom stereocenters. The number of ether oxygens (including phenoxy) is 1. The Hall–Kier alpha value is -1.19. The van der Waals surface area contributed by atoms with E-state index in [0.717, 1.165) is 12.0 Å². The third kappa shape index (κ3) is 6.50. The molecule has 0 aliphatic carbocycles. The maximum Gasteiger partial charge on any atom is 0.573 e. The minimum Gasteiger partial charge on any atom is -0.406 e. The van der Waals surface area contributed by atoms with Crippen LogP contribution in [0.2, 0.25) is 0 Å². The summed E-state index contributed by atoms with van der Waals surface area (Å²) in [7, 11) is 0. The van der Waals surface area contributed by atoms with Crippen molar-refractivity contribution in [2.45, 2.75) is 40.5 Å². The molecule has 0 heterocycles. The van der Waals surface area contributed by atoms with Crippen molar-refractivity contribution >= 4 is 0 Å². The molecule has 1 aromatic carbocycles. The summed E-state index contributed by atoms with van der Waals surface area (Å²) >= 11 is 0. The first-order chi connectivity index (χ1) is 8.57. The van der Waals surface area contributed by atoms with Crippen molar-refractivity contribution in [2.24, 2.45) is 11.3 Å². The zero-order valence-corrected chi connectivity index (χ0v) is 11.7. The number of rotatable bonds is 5. The maximum absolute atomic E-state index is 12.2. The van der Waals surface area contributed by atoms with Gasteiger partial charge in [-0.3, -0.25) is 0 Å². The number of benzene rings is 1.